The topological polar surface area (TPSA) is 29.5 Å². The summed E-state index contributed by atoms with van der Waals surface area (Å²) in [5.74, 6) is 0.597. The SMILES string of the molecule is COc1ccccc1C(=O)N1CCc2ccc(Br)cc21. The molecule has 0 radical (unpaired) electrons. The quantitative estimate of drug-likeness (QED) is 0.840. The van der Waals surface area contributed by atoms with Crippen LogP contribution < -0.4 is 9.64 Å². The fourth-order valence-electron chi connectivity index (χ4n) is 2.53. The molecule has 1 aliphatic heterocycles. The van der Waals surface area contributed by atoms with Crippen LogP contribution >= 0.6 is 15.9 Å². The van der Waals surface area contributed by atoms with Gasteiger partial charge in [0.15, 0.2) is 0 Å². The third-order valence-electron chi connectivity index (χ3n) is 3.53. The Labute approximate surface area is 126 Å². The predicted molar refractivity (Wildman–Crippen MR) is 82.5 cm³/mol. The zero-order chi connectivity index (χ0) is 14.1. The number of methoxy groups -OCH3 is 1. The van der Waals surface area contributed by atoms with Gasteiger partial charge in [-0.2, -0.15) is 0 Å². The van der Waals surface area contributed by atoms with Crippen LogP contribution in [-0.2, 0) is 6.42 Å². The average molecular weight is 332 g/mol. The van der Waals surface area contributed by atoms with Crippen molar-refractivity contribution in [3.63, 3.8) is 0 Å². The smallest absolute Gasteiger partial charge is 0.262 e. The highest BCUT2D eigenvalue weighted by molar-refractivity contribution is 9.10. The molecule has 3 nitrogen and oxygen atoms in total. The Bertz CT molecular complexity index is 669. The minimum absolute atomic E-state index is 0.0145. The van der Waals surface area contributed by atoms with Crippen LogP contribution in [0.1, 0.15) is 15.9 Å². The first-order valence-corrected chi connectivity index (χ1v) is 7.23. The predicted octanol–water partition coefficient (Wildman–Crippen LogP) is 3.66. The molecule has 0 aromatic heterocycles. The molecule has 2 aromatic rings. The maximum absolute atomic E-state index is 12.7. The minimum atomic E-state index is -0.0145. The number of carbonyl (C=O) groups excluding carboxylic acids is 1. The molecule has 0 N–H and O–H groups in total. The summed E-state index contributed by atoms with van der Waals surface area (Å²) in [5.41, 5.74) is 2.79. The van der Waals surface area contributed by atoms with Gasteiger partial charge in [0.05, 0.1) is 12.7 Å². The molecule has 3 rings (SSSR count). The highest BCUT2D eigenvalue weighted by Gasteiger charge is 2.27. The Kier molecular flexibility index (Phi) is 3.49. The summed E-state index contributed by atoms with van der Waals surface area (Å²) in [6.07, 6.45) is 0.892. The van der Waals surface area contributed by atoms with Crippen LogP contribution in [0.2, 0.25) is 0 Å². The second kappa shape index (κ2) is 5.29. The second-order valence-corrected chi connectivity index (χ2v) is 5.60. The molecule has 1 aliphatic rings. The van der Waals surface area contributed by atoms with Gasteiger partial charge < -0.3 is 9.64 Å². The van der Waals surface area contributed by atoms with Gasteiger partial charge >= 0.3 is 0 Å². The lowest BCUT2D eigenvalue weighted by molar-refractivity contribution is 0.0986. The van der Waals surface area contributed by atoms with Gasteiger partial charge in [0.25, 0.3) is 5.91 Å². The van der Waals surface area contributed by atoms with E-state index in [9.17, 15) is 4.79 Å². The van der Waals surface area contributed by atoms with Crippen LogP contribution in [-0.4, -0.2) is 19.6 Å². The number of rotatable bonds is 2. The standard InChI is InChI=1S/C16H14BrNO2/c1-20-15-5-3-2-4-13(15)16(19)18-9-8-11-6-7-12(17)10-14(11)18/h2-7,10H,8-9H2,1H3. The van der Waals surface area contributed by atoms with E-state index in [1.165, 1.54) is 5.56 Å². The Morgan fingerprint density at radius 2 is 2.05 bits per heavy atom. The lowest BCUT2D eigenvalue weighted by Crippen LogP contribution is -2.29. The van der Waals surface area contributed by atoms with E-state index in [1.807, 2.05) is 35.2 Å². The highest BCUT2D eigenvalue weighted by Crippen LogP contribution is 2.33. The molecule has 0 bridgehead atoms. The van der Waals surface area contributed by atoms with Crippen molar-refractivity contribution in [2.75, 3.05) is 18.6 Å². The van der Waals surface area contributed by atoms with Crippen molar-refractivity contribution in [2.45, 2.75) is 6.42 Å². The molecule has 0 saturated carbocycles. The zero-order valence-corrected chi connectivity index (χ0v) is 12.7. The second-order valence-electron chi connectivity index (χ2n) is 4.68. The molecular weight excluding hydrogens is 318 g/mol. The Balaban J connectivity index is 2.00. The fourth-order valence-corrected chi connectivity index (χ4v) is 2.88. The molecule has 0 saturated heterocycles. The average Bonchev–Trinajstić information content (AvgIpc) is 2.89. The molecule has 0 unspecified atom stereocenters. The van der Waals surface area contributed by atoms with E-state index in [2.05, 4.69) is 22.0 Å². The number of benzene rings is 2. The molecule has 0 fully saturated rings. The van der Waals surface area contributed by atoms with Crippen molar-refractivity contribution in [3.8, 4) is 5.75 Å². The summed E-state index contributed by atoms with van der Waals surface area (Å²) in [6, 6.07) is 13.4. The Hall–Kier alpha value is -1.81. The van der Waals surface area contributed by atoms with Crippen molar-refractivity contribution in [1.82, 2.24) is 0 Å². The van der Waals surface area contributed by atoms with Crippen LogP contribution in [0.15, 0.2) is 46.9 Å². The van der Waals surface area contributed by atoms with Gasteiger partial charge in [-0.3, -0.25) is 4.79 Å². The fraction of sp³-hybridized carbons (Fsp3) is 0.188. The van der Waals surface area contributed by atoms with E-state index in [0.717, 1.165) is 16.6 Å². The van der Waals surface area contributed by atoms with Crippen LogP contribution in [0.4, 0.5) is 5.69 Å². The zero-order valence-electron chi connectivity index (χ0n) is 11.1. The lowest BCUT2D eigenvalue weighted by Gasteiger charge is -2.19. The normalized spacial score (nSPS) is 13.2. The van der Waals surface area contributed by atoms with E-state index in [-0.39, 0.29) is 5.91 Å². The lowest BCUT2D eigenvalue weighted by atomic mass is 10.1. The first-order chi connectivity index (χ1) is 9.70. The first kappa shape index (κ1) is 13.2. The minimum Gasteiger partial charge on any atom is -0.496 e. The van der Waals surface area contributed by atoms with E-state index >= 15 is 0 Å². The third kappa shape index (κ3) is 2.20. The summed E-state index contributed by atoms with van der Waals surface area (Å²) in [7, 11) is 1.58. The maximum Gasteiger partial charge on any atom is 0.262 e. The van der Waals surface area contributed by atoms with Crippen molar-refractivity contribution >= 4 is 27.5 Å². The van der Waals surface area contributed by atoms with Crippen LogP contribution in [0.25, 0.3) is 0 Å². The molecule has 0 aliphatic carbocycles. The molecule has 4 heteroatoms. The number of halogens is 1. The Morgan fingerprint density at radius 3 is 2.85 bits per heavy atom. The molecule has 102 valence electrons. The molecular formula is C16H14BrNO2. The van der Waals surface area contributed by atoms with E-state index in [4.69, 9.17) is 4.74 Å². The van der Waals surface area contributed by atoms with Gasteiger partial charge in [0, 0.05) is 16.7 Å². The summed E-state index contributed by atoms with van der Waals surface area (Å²) in [4.78, 5) is 14.5. The van der Waals surface area contributed by atoms with E-state index < -0.39 is 0 Å². The molecule has 2 aromatic carbocycles. The third-order valence-corrected chi connectivity index (χ3v) is 4.02. The van der Waals surface area contributed by atoms with Crippen LogP contribution in [0, 0.1) is 0 Å². The summed E-state index contributed by atoms with van der Waals surface area (Å²) < 4.78 is 6.26. The van der Waals surface area contributed by atoms with Crippen molar-refractivity contribution in [2.24, 2.45) is 0 Å². The number of anilines is 1. The summed E-state index contributed by atoms with van der Waals surface area (Å²) >= 11 is 3.46. The van der Waals surface area contributed by atoms with Crippen LogP contribution in [0.3, 0.4) is 0 Å². The highest BCUT2D eigenvalue weighted by atomic mass is 79.9. The van der Waals surface area contributed by atoms with Gasteiger partial charge in [-0.05, 0) is 36.2 Å². The van der Waals surface area contributed by atoms with Gasteiger partial charge in [-0.15, -0.1) is 0 Å². The van der Waals surface area contributed by atoms with Gasteiger partial charge in [-0.25, -0.2) is 0 Å². The number of ether oxygens (including phenoxy) is 1. The number of fused-ring (bicyclic) bond motifs is 1. The molecule has 20 heavy (non-hydrogen) atoms. The van der Waals surface area contributed by atoms with Crippen molar-refractivity contribution in [1.29, 1.82) is 0 Å². The number of para-hydroxylation sites is 1. The number of hydrogen-bond donors (Lipinski definition) is 0. The van der Waals surface area contributed by atoms with Crippen molar-refractivity contribution in [3.05, 3.63) is 58.1 Å². The number of hydrogen-bond acceptors (Lipinski definition) is 2. The van der Waals surface area contributed by atoms with Gasteiger partial charge in [0.2, 0.25) is 0 Å². The largest absolute Gasteiger partial charge is 0.496 e. The molecule has 0 atom stereocenters. The number of carbonyl (C=O) groups is 1. The number of nitrogens with zero attached hydrogens (tertiary/aromatic N) is 1. The maximum atomic E-state index is 12.7. The van der Waals surface area contributed by atoms with Crippen LogP contribution in [0.5, 0.6) is 5.75 Å². The summed E-state index contributed by atoms with van der Waals surface area (Å²) in [6.45, 7) is 0.711. The monoisotopic (exact) mass is 331 g/mol. The molecule has 1 heterocycles. The summed E-state index contributed by atoms with van der Waals surface area (Å²) in [5, 5.41) is 0. The van der Waals surface area contributed by atoms with E-state index in [1.54, 1.807) is 13.2 Å². The number of amides is 1. The van der Waals surface area contributed by atoms with Gasteiger partial charge in [0.1, 0.15) is 5.75 Å². The first-order valence-electron chi connectivity index (χ1n) is 6.44. The van der Waals surface area contributed by atoms with E-state index in [0.29, 0.717) is 17.9 Å². The van der Waals surface area contributed by atoms with Gasteiger partial charge in [-0.1, -0.05) is 34.1 Å². The molecule has 1 amide bonds. The Morgan fingerprint density at radius 1 is 1.25 bits per heavy atom. The van der Waals surface area contributed by atoms with Crippen molar-refractivity contribution < 1.29 is 9.53 Å². The molecule has 0 spiro atoms.